The zero-order valence-electron chi connectivity index (χ0n) is 8.81. The van der Waals surface area contributed by atoms with Gasteiger partial charge in [-0.3, -0.25) is 9.97 Å². The maximum Gasteiger partial charge on any atom is 0.149 e. The number of hydrogen-bond donors (Lipinski definition) is 1. The summed E-state index contributed by atoms with van der Waals surface area (Å²) in [5, 5.41) is 3.50. The molecule has 0 aliphatic rings. The Balaban J connectivity index is 1.99. The number of halogens is 1. The minimum atomic E-state index is 0.382. The average Bonchev–Trinajstić information content (AvgIpc) is 2.28. The minimum absolute atomic E-state index is 0.382. The molecular formula is C11H11ClN4. The number of hydrogen-bond acceptors (Lipinski definition) is 4. The summed E-state index contributed by atoms with van der Waals surface area (Å²) in [6, 6.07) is 3.99. The standard InChI is InChI=1S/C11H11ClN4/c1-8-2-3-9(4-14-8)5-15-11-7-13-6-10(12)16-11/h2-4,6-7H,5H2,1H3,(H,15,16). The van der Waals surface area contributed by atoms with Crippen molar-refractivity contribution in [3.63, 3.8) is 0 Å². The summed E-state index contributed by atoms with van der Waals surface area (Å²) in [6.45, 7) is 2.61. The molecule has 0 unspecified atom stereocenters. The summed E-state index contributed by atoms with van der Waals surface area (Å²) in [7, 11) is 0. The van der Waals surface area contributed by atoms with Gasteiger partial charge in [0.05, 0.1) is 12.4 Å². The molecule has 16 heavy (non-hydrogen) atoms. The van der Waals surface area contributed by atoms with Crippen molar-refractivity contribution in [3.05, 3.63) is 47.1 Å². The van der Waals surface area contributed by atoms with Crippen LogP contribution in [-0.2, 0) is 6.54 Å². The predicted molar refractivity (Wildman–Crippen MR) is 63.3 cm³/mol. The largest absolute Gasteiger partial charge is 0.365 e. The molecule has 0 fully saturated rings. The average molecular weight is 235 g/mol. The molecule has 0 radical (unpaired) electrons. The Labute approximate surface area is 98.7 Å². The van der Waals surface area contributed by atoms with Crippen LogP contribution in [0, 0.1) is 6.92 Å². The van der Waals surface area contributed by atoms with Crippen LogP contribution in [0.15, 0.2) is 30.7 Å². The van der Waals surface area contributed by atoms with Crippen molar-refractivity contribution in [3.8, 4) is 0 Å². The van der Waals surface area contributed by atoms with Crippen molar-refractivity contribution in [1.82, 2.24) is 15.0 Å². The molecule has 0 aromatic carbocycles. The van der Waals surface area contributed by atoms with Crippen molar-refractivity contribution in [2.45, 2.75) is 13.5 Å². The quantitative estimate of drug-likeness (QED) is 0.886. The summed E-state index contributed by atoms with van der Waals surface area (Å²) in [6.07, 6.45) is 4.97. The molecule has 0 saturated carbocycles. The van der Waals surface area contributed by atoms with E-state index in [4.69, 9.17) is 11.6 Å². The van der Waals surface area contributed by atoms with Gasteiger partial charge in [0.25, 0.3) is 0 Å². The highest BCUT2D eigenvalue weighted by atomic mass is 35.5. The molecule has 0 amide bonds. The maximum atomic E-state index is 5.72. The Bertz CT molecular complexity index is 470. The molecule has 82 valence electrons. The third kappa shape index (κ3) is 2.90. The Hall–Kier alpha value is -1.68. The first kappa shape index (κ1) is 10.8. The third-order valence-corrected chi connectivity index (χ3v) is 2.23. The summed E-state index contributed by atoms with van der Waals surface area (Å²) >= 11 is 5.72. The van der Waals surface area contributed by atoms with Crippen LogP contribution in [0.4, 0.5) is 5.82 Å². The second-order valence-electron chi connectivity index (χ2n) is 3.39. The summed E-state index contributed by atoms with van der Waals surface area (Å²) < 4.78 is 0. The van der Waals surface area contributed by atoms with Gasteiger partial charge >= 0.3 is 0 Å². The highest BCUT2D eigenvalue weighted by Crippen LogP contribution is 2.08. The summed E-state index contributed by atoms with van der Waals surface area (Å²) in [4.78, 5) is 12.2. The molecule has 2 aromatic heterocycles. The van der Waals surface area contributed by atoms with E-state index in [9.17, 15) is 0 Å². The molecular weight excluding hydrogens is 224 g/mol. The lowest BCUT2D eigenvalue weighted by Gasteiger charge is -2.05. The number of rotatable bonds is 3. The van der Waals surface area contributed by atoms with Crippen molar-refractivity contribution in [2.75, 3.05) is 5.32 Å². The zero-order valence-corrected chi connectivity index (χ0v) is 9.57. The predicted octanol–water partition coefficient (Wildman–Crippen LogP) is 2.45. The normalized spacial score (nSPS) is 10.1. The first-order valence-corrected chi connectivity index (χ1v) is 5.25. The fraction of sp³-hybridized carbons (Fsp3) is 0.182. The molecule has 5 heteroatoms. The van der Waals surface area contributed by atoms with E-state index in [2.05, 4.69) is 20.3 Å². The van der Waals surface area contributed by atoms with E-state index < -0.39 is 0 Å². The molecule has 0 bridgehead atoms. The molecule has 0 aliphatic heterocycles. The number of aromatic nitrogens is 3. The van der Waals surface area contributed by atoms with Crippen LogP contribution in [0.3, 0.4) is 0 Å². The topological polar surface area (TPSA) is 50.7 Å². The number of nitrogens with one attached hydrogen (secondary N) is 1. The summed E-state index contributed by atoms with van der Waals surface area (Å²) in [5.74, 6) is 0.660. The number of nitrogens with zero attached hydrogens (tertiary/aromatic N) is 3. The molecule has 0 saturated heterocycles. The second kappa shape index (κ2) is 4.90. The van der Waals surface area contributed by atoms with Crippen LogP contribution in [0.5, 0.6) is 0 Å². The third-order valence-electron chi connectivity index (χ3n) is 2.05. The SMILES string of the molecule is Cc1ccc(CNc2cncc(Cl)n2)cn1. The lowest BCUT2D eigenvalue weighted by atomic mass is 10.2. The molecule has 0 spiro atoms. The lowest BCUT2D eigenvalue weighted by Crippen LogP contribution is -2.02. The van der Waals surface area contributed by atoms with Gasteiger partial charge in [0, 0.05) is 18.4 Å². The van der Waals surface area contributed by atoms with Crippen LogP contribution >= 0.6 is 11.6 Å². The first-order chi connectivity index (χ1) is 7.74. The number of anilines is 1. The number of aryl methyl sites for hydroxylation is 1. The highest BCUT2D eigenvalue weighted by Gasteiger charge is 1.97. The molecule has 4 nitrogen and oxygen atoms in total. The van der Waals surface area contributed by atoms with Crippen LogP contribution in [-0.4, -0.2) is 15.0 Å². The smallest absolute Gasteiger partial charge is 0.149 e. The second-order valence-corrected chi connectivity index (χ2v) is 3.78. The van der Waals surface area contributed by atoms with Gasteiger partial charge in [0.2, 0.25) is 0 Å². The van der Waals surface area contributed by atoms with Gasteiger partial charge in [-0.2, -0.15) is 0 Å². The van der Waals surface area contributed by atoms with E-state index in [1.807, 2.05) is 25.3 Å². The van der Waals surface area contributed by atoms with Crippen molar-refractivity contribution >= 4 is 17.4 Å². The first-order valence-electron chi connectivity index (χ1n) is 4.87. The van der Waals surface area contributed by atoms with E-state index in [1.165, 1.54) is 6.20 Å². The van der Waals surface area contributed by atoms with Gasteiger partial charge in [0.15, 0.2) is 0 Å². The fourth-order valence-corrected chi connectivity index (χ4v) is 1.37. The van der Waals surface area contributed by atoms with E-state index in [0.717, 1.165) is 11.3 Å². The zero-order chi connectivity index (χ0) is 11.4. The fourth-order valence-electron chi connectivity index (χ4n) is 1.22. The molecule has 2 aromatic rings. The summed E-state index contributed by atoms with van der Waals surface area (Å²) in [5.41, 5.74) is 2.10. The van der Waals surface area contributed by atoms with E-state index >= 15 is 0 Å². The van der Waals surface area contributed by atoms with Gasteiger partial charge in [-0.05, 0) is 18.6 Å². The Morgan fingerprint density at radius 3 is 2.81 bits per heavy atom. The Morgan fingerprint density at radius 2 is 2.12 bits per heavy atom. The van der Waals surface area contributed by atoms with Gasteiger partial charge < -0.3 is 5.32 Å². The maximum absolute atomic E-state index is 5.72. The van der Waals surface area contributed by atoms with Crippen LogP contribution in [0.1, 0.15) is 11.3 Å². The highest BCUT2D eigenvalue weighted by molar-refractivity contribution is 6.29. The van der Waals surface area contributed by atoms with Gasteiger partial charge in [-0.1, -0.05) is 17.7 Å². The minimum Gasteiger partial charge on any atom is -0.365 e. The molecule has 1 N–H and O–H groups in total. The van der Waals surface area contributed by atoms with E-state index in [1.54, 1.807) is 6.20 Å². The monoisotopic (exact) mass is 234 g/mol. The van der Waals surface area contributed by atoms with E-state index in [-0.39, 0.29) is 0 Å². The van der Waals surface area contributed by atoms with Crippen molar-refractivity contribution in [1.29, 1.82) is 0 Å². The molecule has 2 rings (SSSR count). The van der Waals surface area contributed by atoms with Crippen molar-refractivity contribution < 1.29 is 0 Å². The van der Waals surface area contributed by atoms with Crippen LogP contribution in [0.2, 0.25) is 5.15 Å². The molecule has 0 atom stereocenters. The van der Waals surface area contributed by atoms with Gasteiger partial charge in [-0.25, -0.2) is 4.98 Å². The Morgan fingerprint density at radius 1 is 1.25 bits per heavy atom. The molecule has 2 heterocycles. The van der Waals surface area contributed by atoms with E-state index in [0.29, 0.717) is 17.5 Å². The van der Waals surface area contributed by atoms with Gasteiger partial charge in [0.1, 0.15) is 11.0 Å². The lowest BCUT2D eigenvalue weighted by molar-refractivity contribution is 1.06. The Kier molecular flexibility index (Phi) is 3.31. The van der Waals surface area contributed by atoms with Gasteiger partial charge in [-0.15, -0.1) is 0 Å². The number of pyridine rings is 1. The van der Waals surface area contributed by atoms with Crippen molar-refractivity contribution in [2.24, 2.45) is 0 Å². The molecule has 0 aliphatic carbocycles. The van der Waals surface area contributed by atoms with Crippen LogP contribution < -0.4 is 5.32 Å². The van der Waals surface area contributed by atoms with Crippen LogP contribution in [0.25, 0.3) is 0 Å².